The van der Waals surface area contributed by atoms with E-state index in [4.69, 9.17) is 4.42 Å². The van der Waals surface area contributed by atoms with Gasteiger partial charge in [0, 0.05) is 6.20 Å². The fourth-order valence-electron chi connectivity index (χ4n) is 2.24. The average molecular weight is 302 g/mol. The predicted molar refractivity (Wildman–Crippen MR) is 84.2 cm³/mol. The number of furan rings is 1. The minimum absolute atomic E-state index is 0.0940. The van der Waals surface area contributed by atoms with E-state index in [0.29, 0.717) is 6.54 Å². The van der Waals surface area contributed by atoms with Crippen molar-refractivity contribution < 1.29 is 4.42 Å². The van der Waals surface area contributed by atoms with E-state index in [1.54, 1.807) is 11.8 Å². The normalized spacial score (nSPS) is 12.9. The van der Waals surface area contributed by atoms with Gasteiger partial charge >= 0.3 is 0 Å². The Balaban J connectivity index is 1.67. The minimum Gasteiger partial charge on any atom is -0.464 e. The fourth-order valence-corrected chi connectivity index (χ4v) is 2.68. The Morgan fingerprint density at radius 2 is 2.10 bits per heavy atom. The highest BCUT2D eigenvalue weighted by Crippen LogP contribution is 2.16. The molecule has 0 saturated heterocycles. The Morgan fingerprint density at radius 3 is 2.95 bits per heavy atom. The van der Waals surface area contributed by atoms with Crippen LogP contribution < -0.4 is 5.32 Å². The second-order valence-corrected chi connectivity index (χ2v) is 5.76. The van der Waals surface area contributed by atoms with Crippen LogP contribution in [0.4, 0.5) is 0 Å². The Morgan fingerprint density at radius 1 is 1.24 bits per heavy atom. The topological polar surface area (TPSA) is 55.4 Å². The molecule has 0 spiro atoms. The van der Waals surface area contributed by atoms with Crippen molar-refractivity contribution in [1.29, 1.82) is 0 Å². The lowest BCUT2D eigenvalue weighted by Crippen LogP contribution is -2.20. The van der Waals surface area contributed by atoms with Crippen molar-refractivity contribution in [2.24, 2.45) is 0 Å². The highest BCUT2D eigenvalue weighted by Gasteiger charge is 2.13. The molecular weight excluding hydrogens is 284 g/mol. The molecule has 0 amide bonds. The van der Waals surface area contributed by atoms with Crippen LogP contribution in [0.5, 0.6) is 0 Å². The van der Waals surface area contributed by atoms with Crippen molar-refractivity contribution in [2.45, 2.75) is 25.3 Å². The van der Waals surface area contributed by atoms with E-state index in [9.17, 15) is 0 Å². The number of aromatic nitrogens is 3. The van der Waals surface area contributed by atoms with E-state index in [2.05, 4.69) is 28.7 Å². The number of pyridine rings is 1. The second kappa shape index (κ2) is 6.32. The third-order valence-electron chi connectivity index (χ3n) is 3.31. The standard InChI is InChI=1S/C15H18N4OS/c1-11(15-18-17-14-5-3-4-8-19(14)15)16-9-12-6-7-13(20-12)10-21-2/h3-8,11,16H,9-10H2,1-2H3. The molecule has 3 aromatic heterocycles. The lowest BCUT2D eigenvalue weighted by molar-refractivity contribution is 0.436. The van der Waals surface area contributed by atoms with Gasteiger partial charge in [-0.1, -0.05) is 6.07 Å². The van der Waals surface area contributed by atoms with Gasteiger partial charge < -0.3 is 9.73 Å². The summed E-state index contributed by atoms with van der Waals surface area (Å²) in [4.78, 5) is 0. The first-order valence-electron chi connectivity index (χ1n) is 6.87. The van der Waals surface area contributed by atoms with E-state index >= 15 is 0 Å². The number of fused-ring (bicyclic) bond motifs is 1. The molecule has 1 unspecified atom stereocenters. The first-order valence-corrected chi connectivity index (χ1v) is 8.27. The monoisotopic (exact) mass is 302 g/mol. The molecule has 3 rings (SSSR count). The summed E-state index contributed by atoms with van der Waals surface area (Å²) in [5.74, 6) is 3.77. The molecule has 1 N–H and O–H groups in total. The van der Waals surface area contributed by atoms with Crippen molar-refractivity contribution in [3.63, 3.8) is 0 Å². The van der Waals surface area contributed by atoms with Crippen molar-refractivity contribution >= 4 is 17.4 Å². The van der Waals surface area contributed by atoms with Gasteiger partial charge in [0.05, 0.1) is 18.3 Å². The summed E-state index contributed by atoms with van der Waals surface area (Å²) in [5, 5.41) is 11.9. The molecule has 1 atom stereocenters. The summed E-state index contributed by atoms with van der Waals surface area (Å²) >= 11 is 1.76. The third kappa shape index (κ3) is 3.11. The average Bonchev–Trinajstić information content (AvgIpc) is 3.12. The first-order chi connectivity index (χ1) is 10.3. The van der Waals surface area contributed by atoms with E-state index in [1.807, 2.05) is 40.9 Å². The van der Waals surface area contributed by atoms with Crippen LogP contribution in [0.2, 0.25) is 0 Å². The summed E-state index contributed by atoms with van der Waals surface area (Å²) in [6.07, 6.45) is 4.05. The van der Waals surface area contributed by atoms with Gasteiger partial charge in [0.2, 0.25) is 0 Å². The molecule has 0 aromatic carbocycles. The van der Waals surface area contributed by atoms with Gasteiger partial charge in [0.25, 0.3) is 0 Å². The van der Waals surface area contributed by atoms with Crippen LogP contribution in [-0.2, 0) is 12.3 Å². The summed E-state index contributed by atoms with van der Waals surface area (Å²) < 4.78 is 7.75. The number of nitrogens with one attached hydrogen (secondary N) is 1. The maximum absolute atomic E-state index is 5.75. The zero-order valence-corrected chi connectivity index (χ0v) is 12.9. The number of thioether (sulfide) groups is 1. The molecule has 0 aliphatic rings. The lowest BCUT2D eigenvalue weighted by Gasteiger charge is -2.10. The van der Waals surface area contributed by atoms with Crippen molar-refractivity contribution in [3.8, 4) is 0 Å². The zero-order valence-electron chi connectivity index (χ0n) is 12.1. The fraction of sp³-hybridized carbons (Fsp3) is 0.333. The van der Waals surface area contributed by atoms with Crippen molar-refractivity contribution in [3.05, 3.63) is 53.9 Å². The second-order valence-electron chi connectivity index (χ2n) is 4.89. The number of hydrogen-bond donors (Lipinski definition) is 1. The smallest absolute Gasteiger partial charge is 0.160 e. The van der Waals surface area contributed by atoms with Crippen LogP contribution in [-0.4, -0.2) is 20.9 Å². The van der Waals surface area contributed by atoms with Gasteiger partial charge in [-0.2, -0.15) is 11.8 Å². The zero-order chi connectivity index (χ0) is 14.7. The summed E-state index contributed by atoms with van der Waals surface area (Å²) in [7, 11) is 0. The molecule has 0 aliphatic heterocycles. The van der Waals surface area contributed by atoms with Gasteiger partial charge in [-0.05, 0) is 37.4 Å². The van der Waals surface area contributed by atoms with E-state index in [1.165, 1.54) is 0 Å². The van der Waals surface area contributed by atoms with Crippen LogP contribution in [0.25, 0.3) is 5.65 Å². The molecule has 0 bridgehead atoms. The summed E-state index contributed by atoms with van der Waals surface area (Å²) in [6, 6.07) is 10.0. The SMILES string of the molecule is CSCc1ccc(CNC(C)c2nnc3ccccn23)o1. The summed E-state index contributed by atoms with van der Waals surface area (Å²) in [5.41, 5.74) is 0.862. The lowest BCUT2D eigenvalue weighted by atomic mass is 10.3. The molecular formula is C15H18N4OS. The number of nitrogens with zero attached hydrogens (tertiary/aromatic N) is 3. The van der Waals surface area contributed by atoms with E-state index in [-0.39, 0.29) is 6.04 Å². The molecule has 0 radical (unpaired) electrons. The highest BCUT2D eigenvalue weighted by molar-refractivity contribution is 7.97. The van der Waals surface area contributed by atoms with Crippen LogP contribution in [0.1, 0.15) is 30.3 Å². The number of hydrogen-bond acceptors (Lipinski definition) is 5. The first kappa shape index (κ1) is 14.2. The maximum atomic E-state index is 5.75. The number of rotatable bonds is 6. The molecule has 0 saturated carbocycles. The molecule has 21 heavy (non-hydrogen) atoms. The van der Waals surface area contributed by atoms with Crippen molar-refractivity contribution in [1.82, 2.24) is 19.9 Å². The van der Waals surface area contributed by atoms with E-state index < -0.39 is 0 Å². The van der Waals surface area contributed by atoms with Crippen LogP contribution in [0, 0.1) is 0 Å². The molecule has 0 fully saturated rings. The van der Waals surface area contributed by atoms with Gasteiger partial charge in [0.1, 0.15) is 11.5 Å². The largest absolute Gasteiger partial charge is 0.464 e. The third-order valence-corrected chi connectivity index (χ3v) is 3.89. The van der Waals surface area contributed by atoms with Gasteiger partial charge in [0.15, 0.2) is 11.5 Å². The maximum Gasteiger partial charge on any atom is 0.160 e. The molecule has 110 valence electrons. The van der Waals surface area contributed by atoms with Gasteiger partial charge in [-0.25, -0.2) is 0 Å². The Labute approximate surface area is 127 Å². The summed E-state index contributed by atoms with van der Waals surface area (Å²) in [6.45, 7) is 2.76. The van der Waals surface area contributed by atoms with Gasteiger partial charge in [-0.15, -0.1) is 10.2 Å². The Hall–Kier alpha value is -1.79. The van der Waals surface area contributed by atoms with Gasteiger partial charge in [-0.3, -0.25) is 4.40 Å². The predicted octanol–water partition coefficient (Wildman–Crippen LogP) is 3.04. The van der Waals surface area contributed by atoms with E-state index in [0.717, 1.165) is 28.7 Å². The van der Waals surface area contributed by atoms with Crippen LogP contribution >= 0.6 is 11.8 Å². The van der Waals surface area contributed by atoms with Crippen LogP contribution in [0.15, 0.2) is 40.9 Å². The molecule has 0 aliphatic carbocycles. The van der Waals surface area contributed by atoms with Crippen molar-refractivity contribution in [2.75, 3.05) is 6.26 Å². The van der Waals surface area contributed by atoms with Crippen LogP contribution in [0.3, 0.4) is 0 Å². The molecule has 3 aromatic rings. The molecule has 3 heterocycles. The Bertz CT molecular complexity index is 721. The quantitative estimate of drug-likeness (QED) is 0.758. The minimum atomic E-state index is 0.0940. The highest BCUT2D eigenvalue weighted by atomic mass is 32.2. The molecule has 6 heteroatoms. The molecule has 5 nitrogen and oxygen atoms in total. The Kier molecular flexibility index (Phi) is 4.26.